The fourth-order valence-corrected chi connectivity index (χ4v) is 5.99. The number of nitrogens with one attached hydrogen (secondary N) is 1. The van der Waals surface area contributed by atoms with E-state index in [1.165, 1.54) is 11.8 Å². The van der Waals surface area contributed by atoms with Gasteiger partial charge < -0.3 is 19.7 Å². The van der Waals surface area contributed by atoms with E-state index in [0.29, 0.717) is 23.6 Å². The van der Waals surface area contributed by atoms with Crippen molar-refractivity contribution in [3.63, 3.8) is 0 Å². The van der Waals surface area contributed by atoms with E-state index in [-0.39, 0.29) is 31.0 Å². The van der Waals surface area contributed by atoms with Gasteiger partial charge >= 0.3 is 0 Å². The Labute approximate surface area is 225 Å². The second-order valence-electron chi connectivity index (χ2n) is 9.87. The first kappa shape index (κ1) is 27.8. The Morgan fingerprint density at radius 1 is 1.03 bits per heavy atom. The van der Waals surface area contributed by atoms with Gasteiger partial charge in [-0.2, -0.15) is 0 Å². The summed E-state index contributed by atoms with van der Waals surface area (Å²) in [7, 11) is -3.82. The molecular formula is C28H37N3O6S. The lowest BCUT2D eigenvalue weighted by molar-refractivity contribution is -0.140. The number of benzene rings is 2. The molecule has 2 aromatic rings. The van der Waals surface area contributed by atoms with Gasteiger partial charge in [-0.3, -0.25) is 13.9 Å². The average molecular weight is 544 g/mol. The van der Waals surface area contributed by atoms with Crippen LogP contribution in [0.4, 0.5) is 5.69 Å². The van der Waals surface area contributed by atoms with E-state index in [4.69, 9.17) is 9.47 Å². The van der Waals surface area contributed by atoms with Crippen molar-refractivity contribution >= 4 is 27.5 Å². The normalized spacial score (nSPS) is 15.8. The molecule has 0 unspecified atom stereocenters. The van der Waals surface area contributed by atoms with Crippen molar-refractivity contribution in [2.24, 2.45) is 0 Å². The Bertz CT molecular complexity index is 1240. The Balaban J connectivity index is 1.64. The molecule has 2 amide bonds. The third-order valence-corrected chi connectivity index (χ3v) is 8.93. The van der Waals surface area contributed by atoms with Gasteiger partial charge in [-0.05, 0) is 50.8 Å². The minimum absolute atomic E-state index is 0.0524. The summed E-state index contributed by atoms with van der Waals surface area (Å²) in [6, 6.07) is 11.9. The largest absolute Gasteiger partial charge is 0.454 e. The maximum absolute atomic E-state index is 13.9. The van der Waals surface area contributed by atoms with E-state index in [0.717, 1.165) is 41.1 Å². The van der Waals surface area contributed by atoms with Gasteiger partial charge in [0, 0.05) is 18.7 Å². The maximum atomic E-state index is 13.9. The molecule has 1 N–H and O–H groups in total. The third-order valence-electron chi connectivity index (χ3n) is 7.18. The van der Waals surface area contributed by atoms with Crippen LogP contribution in [-0.4, -0.2) is 56.3 Å². The van der Waals surface area contributed by atoms with E-state index in [2.05, 4.69) is 5.32 Å². The topological polar surface area (TPSA) is 105 Å². The van der Waals surface area contributed by atoms with E-state index in [9.17, 15) is 18.0 Å². The molecule has 0 saturated heterocycles. The van der Waals surface area contributed by atoms with Gasteiger partial charge in [0.2, 0.25) is 28.6 Å². The zero-order chi connectivity index (χ0) is 27.3. The Morgan fingerprint density at radius 2 is 1.71 bits per heavy atom. The van der Waals surface area contributed by atoms with Crippen LogP contribution in [0.3, 0.4) is 0 Å². The molecular weight excluding hydrogens is 506 g/mol. The minimum Gasteiger partial charge on any atom is -0.454 e. The van der Waals surface area contributed by atoms with E-state index in [1.807, 2.05) is 38.1 Å². The number of hydrogen-bond acceptors (Lipinski definition) is 6. The molecule has 2 aliphatic rings. The first-order chi connectivity index (χ1) is 18.2. The standard InChI is InChI=1S/C28H37N3O6S/c1-4-24(28(33)29-22-8-6-7-9-22)30(17-21-12-10-20(3)11-13-21)27(32)18-31(38(34,35)5-2)23-14-15-25-26(16-23)37-19-36-25/h10-16,22,24H,4-9,17-19H2,1-3H3,(H,29,33)/t24-/m1/s1. The smallest absolute Gasteiger partial charge is 0.244 e. The Kier molecular flexibility index (Phi) is 8.81. The van der Waals surface area contributed by atoms with Crippen molar-refractivity contribution in [2.45, 2.75) is 71.5 Å². The lowest BCUT2D eigenvalue weighted by Crippen LogP contribution is -2.53. The molecule has 1 heterocycles. The van der Waals surface area contributed by atoms with Crippen LogP contribution in [0.25, 0.3) is 0 Å². The second kappa shape index (κ2) is 12.1. The quantitative estimate of drug-likeness (QED) is 0.463. The number of rotatable bonds is 11. The molecule has 0 spiro atoms. The van der Waals surface area contributed by atoms with E-state index < -0.39 is 28.5 Å². The summed E-state index contributed by atoms with van der Waals surface area (Å²) in [5, 5.41) is 3.12. The number of nitrogens with zero attached hydrogens (tertiary/aromatic N) is 2. The SMILES string of the molecule is CC[C@H](C(=O)NC1CCCC1)N(Cc1ccc(C)cc1)C(=O)CN(c1ccc2c(c1)OCO2)S(=O)(=O)CC. The number of sulfonamides is 1. The maximum Gasteiger partial charge on any atom is 0.244 e. The van der Waals surface area contributed by atoms with Gasteiger partial charge in [-0.1, -0.05) is 49.6 Å². The van der Waals surface area contributed by atoms with Crippen LogP contribution < -0.4 is 19.1 Å². The zero-order valence-electron chi connectivity index (χ0n) is 22.3. The van der Waals surface area contributed by atoms with Crippen LogP contribution in [-0.2, 0) is 26.2 Å². The van der Waals surface area contributed by atoms with Gasteiger partial charge in [0.25, 0.3) is 0 Å². The van der Waals surface area contributed by atoms with Crippen molar-refractivity contribution < 1.29 is 27.5 Å². The molecule has 0 bridgehead atoms. The number of amides is 2. The third kappa shape index (κ3) is 6.40. The van der Waals surface area contributed by atoms with Gasteiger partial charge in [-0.25, -0.2) is 8.42 Å². The first-order valence-corrected chi connectivity index (χ1v) is 14.9. The molecule has 10 heteroatoms. The van der Waals surface area contributed by atoms with Crippen LogP contribution in [0.15, 0.2) is 42.5 Å². The summed E-state index contributed by atoms with van der Waals surface area (Å²) in [5.74, 6) is 0.0997. The summed E-state index contributed by atoms with van der Waals surface area (Å²) in [6.07, 6.45) is 4.42. The summed E-state index contributed by atoms with van der Waals surface area (Å²) in [5.41, 5.74) is 2.26. The van der Waals surface area contributed by atoms with E-state index >= 15 is 0 Å². The highest BCUT2D eigenvalue weighted by molar-refractivity contribution is 7.92. The predicted octanol–water partition coefficient (Wildman–Crippen LogP) is 3.75. The molecule has 1 fully saturated rings. The molecule has 206 valence electrons. The minimum atomic E-state index is -3.82. The first-order valence-electron chi connectivity index (χ1n) is 13.3. The summed E-state index contributed by atoms with van der Waals surface area (Å²) < 4.78 is 38.2. The summed E-state index contributed by atoms with van der Waals surface area (Å²) in [4.78, 5) is 28.8. The lowest BCUT2D eigenvalue weighted by atomic mass is 10.1. The highest BCUT2D eigenvalue weighted by atomic mass is 32.2. The van der Waals surface area contributed by atoms with Crippen LogP contribution in [0.1, 0.15) is 57.1 Å². The number of carbonyl (C=O) groups is 2. The molecule has 1 aliphatic heterocycles. The summed E-state index contributed by atoms with van der Waals surface area (Å²) >= 11 is 0. The number of hydrogen-bond donors (Lipinski definition) is 1. The molecule has 1 aliphatic carbocycles. The molecule has 4 rings (SSSR count). The number of anilines is 1. The highest BCUT2D eigenvalue weighted by Gasteiger charge is 2.34. The lowest BCUT2D eigenvalue weighted by Gasteiger charge is -2.33. The average Bonchev–Trinajstić information content (AvgIpc) is 3.59. The zero-order valence-corrected chi connectivity index (χ0v) is 23.1. The van der Waals surface area contributed by atoms with Crippen LogP contribution >= 0.6 is 0 Å². The second-order valence-corrected chi connectivity index (χ2v) is 12.0. The van der Waals surface area contributed by atoms with Crippen LogP contribution in [0, 0.1) is 6.92 Å². The summed E-state index contributed by atoms with van der Waals surface area (Å²) in [6.45, 7) is 5.19. The molecule has 1 atom stereocenters. The monoisotopic (exact) mass is 543 g/mol. The van der Waals surface area contributed by atoms with Crippen LogP contribution in [0.5, 0.6) is 11.5 Å². The van der Waals surface area contributed by atoms with Crippen molar-refractivity contribution in [1.29, 1.82) is 0 Å². The van der Waals surface area contributed by atoms with Crippen molar-refractivity contribution in [3.8, 4) is 11.5 Å². The van der Waals surface area contributed by atoms with Crippen LogP contribution in [0.2, 0.25) is 0 Å². The highest BCUT2D eigenvalue weighted by Crippen LogP contribution is 2.36. The molecule has 9 nitrogen and oxygen atoms in total. The van der Waals surface area contributed by atoms with Gasteiger partial charge in [0.1, 0.15) is 12.6 Å². The fourth-order valence-electron chi connectivity index (χ4n) is 4.94. The molecule has 0 radical (unpaired) electrons. The molecule has 2 aromatic carbocycles. The fraction of sp³-hybridized carbons (Fsp3) is 0.500. The predicted molar refractivity (Wildman–Crippen MR) is 146 cm³/mol. The Hall–Kier alpha value is -3.27. The molecule has 1 saturated carbocycles. The van der Waals surface area contributed by atoms with E-state index in [1.54, 1.807) is 18.2 Å². The van der Waals surface area contributed by atoms with Crippen molar-refractivity contribution in [3.05, 3.63) is 53.6 Å². The van der Waals surface area contributed by atoms with Gasteiger partial charge in [0.05, 0.1) is 11.4 Å². The number of carbonyl (C=O) groups excluding carboxylic acids is 2. The van der Waals surface area contributed by atoms with Gasteiger partial charge in [0.15, 0.2) is 11.5 Å². The number of fused-ring (bicyclic) bond motifs is 1. The van der Waals surface area contributed by atoms with Gasteiger partial charge in [-0.15, -0.1) is 0 Å². The number of ether oxygens (including phenoxy) is 2. The molecule has 0 aromatic heterocycles. The number of aryl methyl sites for hydroxylation is 1. The van der Waals surface area contributed by atoms with Crippen molar-refractivity contribution in [1.82, 2.24) is 10.2 Å². The Morgan fingerprint density at radius 3 is 2.37 bits per heavy atom. The molecule has 38 heavy (non-hydrogen) atoms. The van der Waals surface area contributed by atoms with Crippen molar-refractivity contribution in [2.75, 3.05) is 23.4 Å².